The molecule has 3 nitrogen and oxygen atoms in total. The molecule has 1 aliphatic rings. The lowest BCUT2D eigenvalue weighted by atomic mass is 10.0. The van der Waals surface area contributed by atoms with E-state index in [1.54, 1.807) is 17.5 Å². The van der Waals surface area contributed by atoms with Crippen LogP contribution < -0.4 is 11.1 Å². The summed E-state index contributed by atoms with van der Waals surface area (Å²) in [6.07, 6.45) is -0.734. The Bertz CT molecular complexity index is 1300. The molecule has 0 fully saturated rings. The Morgan fingerprint density at radius 2 is 1.64 bits per heavy atom. The van der Waals surface area contributed by atoms with Crippen LogP contribution in [0.4, 0.5) is 18.9 Å². The first kappa shape index (κ1) is 22.9. The van der Waals surface area contributed by atoms with E-state index in [-0.39, 0.29) is 0 Å². The minimum absolute atomic E-state index is 0.526. The zero-order valence-electron chi connectivity index (χ0n) is 17.4. The highest BCUT2D eigenvalue weighted by Crippen LogP contribution is 2.36. The van der Waals surface area contributed by atoms with Gasteiger partial charge in [-0.1, -0.05) is 18.7 Å². The lowest BCUT2D eigenvalue weighted by Crippen LogP contribution is -2.03. The molecule has 168 valence electrons. The fourth-order valence-corrected chi connectivity index (χ4v) is 4.51. The Labute approximate surface area is 199 Å². The number of benzene rings is 2. The molecule has 0 unspecified atom stereocenters. The standard InChI is InChI=1S/C18H15N3S.C7H5F3S/c1-11-16-3-2-12(6-13(16)9-21-11)17-4-5-18(22-17)14-7-15(19)10-20-8-14;8-7(9,10)5-1-3-6(11)4-2-5/h2-8,10,21H,1,9,19H2;1-4,11H. The molecule has 0 amide bonds. The maximum Gasteiger partial charge on any atom is 0.416 e. The number of fused-ring (bicyclic) bond motifs is 1. The summed E-state index contributed by atoms with van der Waals surface area (Å²) in [6, 6.07) is 17.4. The van der Waals surface area contributed by atoms with Crippen molar-refractivity contribution in [2.24, 2.45) is 0 Å². The zero-order chi connectivity index (χ0) is 23.6. The van der Waals surface area contributed by atoms with Crippen molar-refractivity contribution in [3.63, 3.8) is 0 Å². The van der Waals surface area contributed by atoms with Gasteiger partial charge < -0.3 is 11.1 Å². The predicted molar refractivity (Wildman–Crippen MR) is 132 cm³/mol. The van der Waals surface area contributed by atoms with Gasteiger partial charge in [0.1, 0.15) is 0 Å². The number of pyridine rings is 1. The van der Waals surface area contributed by atoms with Crippen molar-refractivity contribution in [3.05, 3.63) is 96.3 Å². The molecule has 33 heavy (non-hydrogen) atoms. The van der Waals surface area contributed by atoms with Gasteiger partial charge >= 0.3 is 6.18 Å². The number of thiol groups is 1. The number of thiophene rings is 1. The number of nitrogen functional groups attached to an aromatic ring is 1. The van der Waals surface area contributed by atoms with Crippen LogP contribution in [0.1, 0.15) is 16.7 Å². The number of anilines is 1. The van der Waals surface area contributed by atoms with Crippen LogP contribution in [0.25, 0.3) is 26.6 Å². The smallest absolute Gasteiger partial charge is 0.397 e. The van der Waals surface area contributed by atoms with Crippen molar-refractivity contribution < 1.29 is 13.2 Å². The van der Waals surface area contributed by atoms with E-state index < -0.39 is 11.7 Å². The summed E-state index contributed by atoms with van der Waals surface area (Å²) in [4.78, 5) is 7.11. The van der Waals surface area contributed by atoms with Crippen molar-refractivity contribution >= 4 is 35.4 Å². The molecule has 1 aliphatic heterocycles. The van der Waals surface area contributed by atoms with Gasteiger partial charge in [-0.3, -0.25) is 4.98 Å². The highest BCUT2D eigenvalue weighted by molar-refractivity contribution is 7.80. The second-order valence-electron chi connectivity index (χ2n) is 7.42. The molecule has 0 radical (unpaired) electrons. The molecule has 4 aromatic rings. The first-order valence-corrected chi connectivity index (χ1v) is 11.2. The van der Waals surface area contributed by atoms with E-state index in [1.807, 2.05) is 12.3 Å². The Balaban J connectivity index is 0.000000200. The van der Waals surface area contributed by atoms with Crippen LogP contribution in [0.3, 0.4) is 0 Å². The van der Waals surface area contributed by atoms with Crippen LogP contribution in [-0.2, 0) is 12.7 Å². The number of nitrogens with two attached hydrogens (primary N) is 1. The fourth-order valence-electron chi connectivity index (χ4n) is 3.38. The Hall–Kier alpha value is -3.23. The van der Waals surface area contributed by atoms with E-state index in [1.165, 1.54) is 38.6 Å². The van der Waals surface area contributed by atoms with Gasteiger partial charge in [0.25, 0.3) is 0 Å². The van der Waals surface area contributed by atoms with Crippen molar-refractivity contribution in [3.8, 4) is 20.9 Å². The summed E-state index contributed by atoms with van der Waals surface area (Å²) in [5.74, 6) is 0. The molecule has 0 saturated carbocycles. The van der Waals surface area contributed by atoms with Crippen molar-refractivity contribution in [2.75, 3.05) is 5.73 Å². The van der Waals surface area contributed by atoms with Gasteiger partial charge in [-0.05, 0) is 59.7 Å². The molecule has 0 saturated heterocycles. The highest BCUT2D eigenvalue weighted by Gasteiger charge is 2.29. The first-order valence-electron chi connectivity index (χ1n) is 9.94. The number of rotatable bonds is 2. The third-order valence-corrected chi connectivity index (χ3v) is 6.53. The molecular weight excluding hydrogens is 463 g/mol. The average Bonchev–Trinajstić information content (AvgIpc) is 3.41. The molecule has 3 N–H and O–H groups in total. The minimum Gasteiger partial charge on any atom is -0.397 e. The molecule has 0 spiro atoms. The summed E-state index contributed by atoms with van der Waals surface area (Å²) >= 11 is 5.62. The Kier molecular flexibility index (Phi) is 6.49. The summed E-state index contributed by atoms with van der Waals surface area (Å²) in [7, 11) is 0. The van der Waals surface area contributed by atoms with Gasteiger partial charge in [0.15, 0.2) is 0 Å². The SMILES string of the molecule is C=C1NCc2cc(-c3ccc(-c4cncc(N)c4)s3)ccc21.FC(F)(F)c1ccc(S)cc1. The number of hydrogen-bond donors (Lipinski definition) is 3. The van der Waals surface area contributed by atoms with Gasteiger partial charge in [-0.2, -0.15) is 13.2 Å². The van der Waals surface area contributed by atoms with Crippen LogP contribution in [0.5, 0.6) is 0 Å². The molecule has 0 atom stereocenters. The molecule has 0 aliphatic carbocycles. The molecule has 0 bridgehead atoms. The van der Waals surface area contributed by atoms with Gasteiger partial charge in [0, 0.05) is 50.4 Å². The maximum absolute atomic E-state index is 11.9. The number of hydrogen-bond acceptors (Lipinski definition) is 5. The van der Waals surface area contributed by atoms with E-state index >= 15 is 0 Å². The summed E-state index contributed by atoms with van der Waals surface area (Å²) in [6.45, 7) is 4.88. The third-order valence-electron chi connectivity index (χ3n) is 5.05. The number of alkyl halides is 3. The lowest BCUT2D eigenvalue weighted by molar-refractivity contribution is -0.137. The minimum atomic E-state index is -4.25. The van der Waals surface area contributed by atoms with Crippen LogP contribution in [0.15, 0.2) is 84.5 Å². The van der Waals surface area contributed by atoms with Gasteiger partial charge in [0.2, 0.25) is 0 Å². The van der Waals surface area contributed by atoms with E-state index in [0.717, 1.165) is 29.9 Å². The number of nitrogens with one attached hydrogen (secondary N) is 1. The predicted octanol–water partition coefficient (Wildman–Crippen LogP) is 7.13. The average molecular weight is 484 g/mol. The van der Waals surface area contributed by atoms with Crippen molar-refractivity contribution in [1.82, 2.24) is 10.3 Å². The number of halogens is 3. The molecular formula is C25H20F3N3S2. The lowest BCUT2D eigenvalue weighted by Gasteiger charge is -2.05. The monoisotopic (exact) mass is 483 g/mol. The van der Waals surface area contributed by atoms with E-state index in [9.17, 15) is 13.2 Å². The van der Waals surface area contributed by atoms with Crippen molar-refractivity contribution in [2.45, 2.75) is 17.6 Å². The Morgan fingerprint density at radius 1 is 0.939 bits per heavy atom. The van der Waals surface area contributed by atoms with Crippen LogP contribution >= 0.6 is 24.0 Å². The first-order chi connectivity index (χ1) is 15.7. The maximum atomic E-state index is 11.9. The van der Waals surface area contributed by atoms with E-state index in [2.05, 4.69) is 59.8 Å². The normalized spacial score (nSPS) is 12.5. The van der Waals surface area contributed by atoms with Crippen molar-refractivity contribution in [1.29, 1.82) is 0 Å². The molecule has 3 heterocycles. The van der Waals surface area contributed by atoms with Crippen LogP contribution in [-0.4, -0.2) is 4.98 Å². The quantitative estimate of drug-likeness (QED) is 0.266. The summed E-state index contributed by atoms with van der Waals surface area (Å²) in [5, 5.41) is 3.29. The number of nitrogens with zero attached hydrogens (tertiary/aromatic N) is 1. The van der Waals surface area contributed by atoms with Crippen LogP contribution in [0, 0.1) is 0 Å². The highest BCUT2D eigenvalue weighted by atomic mass is 32.1. The molecule has 2 aromatic heterocycles. The largest absolute Gasteiger partial charge is 0.416 e. The van der Waals surface area contributed by atoms with Crippen LogP contribution in [0.2, 0.25) is 0 Å². The second kappa shape index (κ2) is 9.33. The van der Waals surface area contributed by atoms with E-state index in [4.69, 9.17) is 5.73 Å². The molecule has 5 rings (SSSR count). The fraction of sp³-hybridized carbons (Fsp3) is 0.0800. The molecule has 8 heteroatoms. The molecule has 2 aromatic carbocycles. The Morgan fingerprint density at radius 3 is 2.30 bits per heavy atom. The van der Waals surface area contributed by atoms with E-state index in [0.29, 0.717) is 10.6 Å². The number of aromatic nitrogens is 1. The van der Waals surface area contributed by atoms with Gasteiger partial charge in [-0.25, -0.2) is 0 Å². The zero-order valence-corrected chi connectivity index (χ0v) is 19.1. The third kappa shape index (κ3) is 5.40. The van der Waals surface area contributed by atoms with Gasteiger partial charge in [0.05, 0.1) is 11.3 Å². The topological polar surface area (TPSA) is 50.9 Å². The van der Waals surface area contributed by atoms with Gasteiger partial charge in [-0.15, -0.1) is 24.0 Å². The summed E-state index contributed by atoms with van der Waals surface area (Å²) in [5.41, 5.74) is 11.7. The second-order valence-corrected chi connectivity index (χ2v) is 9.02. The summed E-state index contributed by atoms with van der Waals surface area (Å²) < 4.78 is 35.7.